The summed E-state index contributed by atoms with van der Waals surface area (Å²) in [5.74, 6) is 2.12. The second kappa shape index (κ2) is 9.63. The number of fused-ring (bicyclic) bond motifs is 1. The molecule has 1 N–H and O–H groups in total. The molecule has 2 aromatic heterocycles. The fraction of sp³-hybridized carbons (Fsp3) is 0.480. The third-order valence-corrected chi connectivity index (χ3v) is 7.10. The molecule has 4 rings (SSSR count). The standard InChI is InChI=1S/C25H32N4O2S/c1-17-12-18(2)14-29(13-17)25(3,4)16-28-23(30)22-20(15-32-24-26-10-7-11-27-24)19-8-5-6-9-21(19)31-22/h5-11,17-18H,12-16H2,1-4H3,(H,28,30). The minimum Gasteiger partial charge on any atom is -0.451 e. The van der Waals surface area contributed by atoms with Crippen molar-refractivity contribution in [3.63, 3.8) is 0 Å². The number of carbonyl (C=O) groups is 1. The van der Waals surface area contributed by atoms with Crippen molar-refractivity contribution in [2.24, 2.45) is 11.8 Å². The Labute approximate surface area is 194 Å². The number of nitrogens with zero attached hydrogens (tertiary/aromatic N) is 3. The molecule has 7 heteroatoms. The lowest BCUT2D eigenvalue weighted by atomic mass is 9.88. The number of benzene rings is 1. The van der Waals surface area contributed by atoms with Crippen molar-refractivity contribution < 1.29 is 9.21 Å². The molecule has 2 unspecified atom stereocenters. The number of aromatic nitrogens is 2. The molecule has 1 aliphatic heterocycles. The molecule has 0 bridgehead atoms. The Morgan fingerprint density at radius 3 is 2.56 bits per heavy atom. The Balaban J connectivity index is 1.50. The van der Waals surface area contributed by atoms with Crippen LogP contribution in [-0.2, 0) is 5.75 Å². The van der Waals surface area contributed by atoms with Crippen LogP contribution in [0.5, 0.6) is 0 Å². The number of amides is 1. The van der Waals surface area contributed by atoms with E-state index in [2.05, 4.69) is 47.9 Å². The smallest absolute Gasteiger partial charge is 0.287 e. The molecular formula is C25H32N4O2S. The van der Waals surface area contributed by atoms with Crippen LogP contribution in [0.2, 0.25) is 0 Å². The summed E-state index contributed by atoms with van der Waals surface area (Å²) < 4.78 is 6.01. The van der Waals surface area contributed by atoms with Gasteiger partial charge in [0.25, 0.3) is 5.91 Å². The van der Waals surface area contributed by atoms with Crippen LogP contribution in [0.1, 0.15) is 50.2 Å². The first-order valence-corrected chi connectivity index (χ1v) is 12.3. The molecule has 1 aromatic carbocycles. The van der Waals surface area contributed by atoms with Crippen LogP contribution in [0.15, 0.2) is 52.3 Å². The first-order chi connectivity index (χ1) is 15.3. The van der Waals surface area contributed by atoms with Crippen LogP contribution >= 0.6 is 11.8 Å². The van der Waals surface area contributed by atoms with Crippen LogP contribution in [-0.4, -0.2) is 45.9 Å². The molecule has 1 fully saturated rings. The predicted octanol–water partition coefficient (Wildman–Crippen LogP) is 5.00. The van der Waals surface area contributed by atoms with E-state index in [1.165, 1.54) is 18.2 Å². The number of rotatable bonds is 7. The summed E-state index contributed by atoms with van der Waals surface area (Å²) in [6.45, 7) is 11.7. The lowest BCUT2D eigenvalue weighted by molar-refractivity contribution is 0.0441. The quantitative estimate of drug-likeness (QED) is 0.402. The van der Waals surface area contributed by atoms with Gasteiger partial charge in [-0.25, -0.2) is 9.97 Å². The van der Waals surface area contributed by atoms with Crippen LogP contribution < -0.4 is 5.32 Å². The monoisotopic (exact) mass is 452 g/mol. The van der Waals surface area contributed by atoms with Gasteiger partial charge in [-0.1, -0.05) is 43.8 Å². The second-order valence-electron chi connectivity index (χ2n) is 9.57. The van der Waals surface area contributed by atoms with Crippen LogP contribution in [0.25, 0.3) is 11.0 Å². The van der Waals surface area contributed by atoms with E-state index >= 15 is 0 Å². The molecule has 0 radical (unpaired) electrons. The second-order valence-corrected chi connectivity index (χ2v) is 10.5. The summed E-state index contributed by atoms with van der Waals surface area (Å²) in [5.41, 5.74) is 1.48. The Morgan fingerprint density at radius 2 is 1.84 bits per heavy atom. The van der Waals surface area contributed by atoms with Gasteiger partial charge in [-0.2, -0.15) is 0 Å². The van der Waals surface area contributed by atoms with Crippen LogP contribution in [0.3, 0.4) is 0 Å². The van der Waals surface area contributed by atoms with Gasteiger partial charge >= 0.3 is 0 Å². The van der Waals surface area contributed by atoms with Gasteiger partial charge in [0.1, 0.15) is 5.58 Å². The molecule has 0 aliphatic carbocycles. The van der Waals surface area contributed by atoms with Gasteiger partial charge in [-0.05, 0) is 44.2 Å². The first-order valence-electron chi connectivity index (χ1n) is 11.3. The van der Waals surface area contributed by atoms with E-state index in [1.54, 1.807) is 18.5 Å². The maximum atomic E-state index is 13.2. The van der Waals surface area contributed by atoms with Crippen molar-refractivity contribution in [1.29, 1.82) is 0 Å². The predicted molar refractivity (Wildman–Crippen MR) is 129 cm³/mol. The summed E-state index contributed by atoms with van der Waals surface area (Å²) in [6.07, 6.45) is 4.71. The Hall–Kier alpha value is -2.38. The molecule has 1 aliphatic rings. The number of likely N-dealkylation sites (tertiary alicyclic amines) is 1. The SMILES string of the molecule is CC1CC(C)CN(C(C)(C)CNC(=O)c2oc3ccccc3c2CSc2ncccn2)C1. The highest BCUT2D eigenvalue weighted by Gasteiger charge is 2.33. The molecule has 6 nitrogen and oxygen atoms in total. The molecule has 3 aromatic rings. The molecule has 170 valence electrons. The number of piperidine rings is 1. The van der Waals surface area contributed by atoms with E-state index in [-0.39, 0.29) is 11.4 Å². The zero-order chi connectivity index (χ0) is 22.7. The fourth-order valence-electron chi connectivity index (χ4n) is 4.57. The molecule has 32 heavy (non-hydrogen) atoms. The van der Waals surface area contributed by atoms with Gasteiger partial charge in [0.15, 0.2) is 10.9 Å². The summed E-state index contributed by atoms with van der Waals surface area (Å²) in [4.78, 5) is 24.3. The highest BCUT2D eigenvalue weighted by Crippen LogP contribution is 2.31. The summed E-state index contributed by atoms with van der Waals surface area (Å²) in [5, 5.41) is 4.79. The Morgan fingerprint density at radius 1 is 1.16 bits per heavy atom. The minimum atomic E-state index is -0.169. The zero-order valence-corrected chi connectivity index (χ0v) is 20.1. The Kier molecular flexibility index (Phi) is 6.86. The zero-order valence-electron chi connectivity index (χ0n) is 19.3. The number of hydrogen-bond acceptors (Lipinski definition) is 6. The molecule has 2 atom stereocenters. The van der Waals surface area contributed by atoms with Gasteiger partial charge in [0.2, 0.25) is 0 Å². The molecule has 0 saturated carbocycles. The first kappa shape index (κ1) is 22.8. The topological polar surface area (TPSA) is 71.3 Å². The average molecular weight is 453 g/mol. The van der Waals surface area contributed by atoms with E-state index in [4.69, 9.17) is 4.42 Å². The van der Waals surface area contributed by atoms with Gasteiger partial charge in [0, 0.05) is 54.3 Å². The number of para-hydroxylation sites is 1. The summed E-state index contributed by atoms with van der Waals surface area (Å²) in [7, 11) is 0. The van der Waals surface area contributed by atoms with Gasteiger partial charge in [-0.15, -0.1) is 0 Å². The van der Waals surface area contributed by atoms with Crippen molar-refractivity contribution in [2.75, 3.05) is 19.6 Å². The molecule has 1 saturated heterocycles. The third-order valence-electron chi connectivity index (χ3n) is 6.20. The van der Waals surface area contributed by atoms with E-state index in [0.29, 0.717) is 35.1 Å². The lowest BCUT2D eigenvalue weighted by Crippen LogP contribution is -2.56. The van der Waals surface area contributed by atoms with Crippen molar-refractivity contribution in [3.05, 3.63) is 54.0 Å². The average Bonchev–Trinajstić information content (AvgIpc) is 3.15. The number of nitrogens with one attached hydrogen (secondary N) is 1. The normalized spacial score (nSPS) is 19.9. The van der Waals surface area contributed by atoms with Crippen LogP contribution in [0.4, 0.5) is 0 Å². The highest BCUT2D eigenvalue weighted by molar-refractivity contribution is 7.98. The largest absolute Gasteiger partial charge is 0.451 e. The van der Waals surface area contributed by atoms with E-state index < -0.39 is 0 Å². The number of carbonyl (C=O) groups excluding carboxylic acids is 1. The summed E-state index contributed by atoms with van der Waals surface area (Å²) >= 11 is 1.50. The maximum absolute atomic E-state index is 13.2. The maximum Gasteiger partial charge on any atom is 0.287 e. The van der Waals surface area contributed by atoms with Gasteiger partial charge in [-0.3, -0.25) is 9.69 Å². The van der Waals surface area contributed by atoms with E-state index in [9.17, 15) is 4.79 Å². The molecule has 3 heterocycles. The number of furan rings is 1. The van der Waals surface area contributed by atoms with E-state index in [1.807, 2.05) is 24.3 Å². The third kappa shape index (κ3) is 5.15. The highest BCUT2D eigenvalue weighted by atomic mass is 32.2. The molecular weight excluding hydrogens is 420 g/mol. The molecule has 1 amide bonds. The Bertz CT molecular complexity index is 1060. The van der Waals surface area contributed by atoms with Crippen molar-refractivity contribution in [1.82, 2.24) is 20.2 Å². The van der Waals surface area contributed by atoms with Crippen molar-refractivity contribution in [2.45, 2.75) is 50.6 Å². The molecule has 0 spiro atoms. The fourth-order valence-corrected chi connectivity index (χ4v) is 5.40. The number of thioether (sulfide) groups is 1. The minimum absolute atomic E-state index is 0.128. The van der Waals surface area contributed by atoms with Crippen LogP contribution in [0, 0.1) is 11.8 Å². The lowest BCUT2D eigenvalue weighted by Gasteiger charge is -2.45. The van der Waals surface area contributed by atoms with Crippen molar-refractivity contribution >= 4 is 28.6 Å². The summed E-state index contributed by atoms with van der Waals surface area (Å²) in [6, 6.07) is 9.58. The number of hydrogen-bond donors (Lipinski definition) is 1. The van der Waals surface area contributed by atoms with Gasteiger partial charge in [0.05, 0.1) is 0 Å². The van der Waals surface area contributed by atoms with Gasteiger partial charge < -0.3 is 9.73 Å². The van der Waals surface area contributed by atoms with E-state index in [0.717, 1.165) is 29.6 Å². The van der Waals surface area contributed by atoms with Crippen molar-refractivity contribution in [3.8, 4) is 0 Å².